The smallest absolute Gasteiger partial charge is 0.326 e. The Morgan fingerprint density at radius 1 is 1.29 bits per heavy atom. The van der Waals surface area contributed by atoms with Crippen LogP contribution in [0.1, 0.15) is 52.5 Å². The number of rotatable bonds is 8. The lowest BCUT2D eigenvalue weighted by Crippen LogP contribution is -2.54. The van der Waals surface area contributed by atoms with Crippen LogP contribution >= 0.6 is 11.6 Å². The van der Waals surface area contributed by atoms with E-state index in [1.54, 1.807) is 52.1 Å². The Morgan fingerprint density at radius 2 is 1.98 bits per heavy atom. The van der Waals surface area contributed by atoms with Crippen LogP contribution in [0.3, 0.4) is 0 Å². The van der Waals surface area contributed by atoms with Gasteiger partial charge < -0.3 is 44.3 Å². The van der Waals surface area contributed by atoms with Crippen molar-refractivity contribution in [3.05, 3.63) is 46.5 Å². The quantitative estimate of drug-likeness (QED) is 0.178. The summed E-state index contributed by atoms with van der Waals surface area (Å²) in [5, 5.41) is 11.6. The number of halogens is 1. The van der Waals surface area contributed by atoms with Gasteiger partial charge in [-0.2, -0.15) is 0 Å². The van der Waals surface area contributed by atoms with Gasteiger partial charge in [0, 0.05) is 40.0 Å². The van der Waals surface area contributed by atoms with Gasteiger partial charge in [-0.15, -0.1) is 0 Å². The van der Waals surface area contributed by atoms with Gasteiger partial charge in [-0.05, 0) is 38.0 Å². The van der Waals surface area contributed by atoms with Gasteiger partial charge in [-0.3, -0.25) is 19.2 Å². The summed E-state index contributed by atoms with van der Waals surface area (Å²) in [7, 11) is 5.92. The molecule has 1 fully saturated rings. The lowest BCUT2D eigenvalue weighted by atomic mass is 9.84. The molecule has 1 saturated heterocycles. The van der Waals surface area contributed by atoms with Crippen molar-refractivity contribution in [1.29, 1.82) is 0 Å². The van der Waals surface area contributed by atoms with E-state index in [-0.39, 0.29) is 43.2 Å². The monoisotopic (exact) mass is 693 g/mol. The van der Waals surface area contributed by atoms with Gasteiger partial charge in [0.05, 0.1) is 25.3 Å². The number of hydrogen-bond acceptors (Lipinski definition) is 11. The summed E-state index contributed by atoms with van der Waals surface area (Å²) in [5.74, 6) is -1.66. The third kappa shape index (κ3) is 9.14. The topological polar surface area (TPSA) is 170 Å². The van der Waals surface area contributed by atoms with Crippen molar-refractivity contribution in [2.45, 2.75) is 89.1 Å². The lowest BCUT2D eigenvalue weighted by Gasteiger charge is -2.34. The molecule has 266 valence electrons. The van der Waals surface area contributed by atoms with Crippen LogP contribution in [0.4, 0.5) is 5.69 Å². The van der Waals surface area contributed by atoms with E-state index in [1.165, 1.54) is 31.1 Å². The molecule has 3 rings (SSSR count). The van der Waals surface area contributed by atoms with Crippen LogP contribution in [-0.4, -0.2) is 105 Å². The maximum atomic E-state index is 13.9. The summed E-state index contributed by atoms with van der Waals surface area (Å²) >= 11 is 6.69. The first-order chi connectivity index (χ1) is 22.5. The largest absolute Gasteiger partial charge is 0.495 e. The van der Waals surface area contributed by atoms with E-state index in [0.717, 1.165) is 11.1 Å². The Morgan fingerprint density at radius 3 is 2.58 bits per heavy atom. The van der Waals surface area contributed by atoms with Gasteiger partial charge in [-0.25, -0.2) is 0 Å². The molecule has 13 nitrogen and oxygen atoms in total. The van der Waals surface area contributed by atoms with Crippen LogP contribution in [0.15, 0.2) is 35.9 Å². The van der Waals surface area contributed by atoms with Crippen molar-refractivity contribution < 1.29 is 48.0 Å². The minimum Gasteiger partial charge on any atom is -0.495 e. The third-order valence-electron chi connectivity index (χ3n) is 9.01. The Balaban J connectivity index is 2.11. The minimum atomic E-state index is -1.97. The predicted molar refractivity (Wildman–Crippen MR) is 178 cm³/mol. The number of anilines is 1. The molecule has 0 aliphatic carbocycles. The van der Waals surface area contributed by atoms with Crippen LogP contribution in [0, 0.1) is 5.92 Å². The number of amides is 2. The highest BCUT2D eigenvalue weighted by Gasteiger charge is 2.63. The molecule has 3 N–H and O–H groups in total. The van der Waals surface area contributed by atoms with E-state index in [1.807, 2.05) is 13.0 Å². The number of aliphatic hydroxyl groups is 1. The summed E-state index contributed by atoms with van der Waals surface area (Å²) in [4.78, 5) is 53.4. The predicted octanol–water partition coefficient (Wildman–Crippen LogP) is 2.93. The molecule has 48 heavy (non-hydrogen) atoms. The fourth-order valence-corrected chi connectivity index (χ4v) is 6.33. The van der Waals surface area contributed by atoms with Gasteiger partial charge >= 0.3 is 5.97 Å². The van der Waals surface area contributed by atoms with Crippen LogP contribution in [0.5, 0.6) is 5.75 Å². The Labute approximate surface area is 286 Å². The maximum absolute atomic E-state index is 13.9. The van der Waals surface area contributed by atoms with Crippen molar-refractivity contribution in [3.63, 3.8) is 0 Å². The number of benzene rings is 1. The van der Waals surface area contributed by atoms with Crippen LogP contribution in [-0.2, 0) is 44.5 Å². The van der Waals surface area contributed by atoms with Crippen LogP contribution < -0.4 is 15.4 Å². The summed E-state index contributed by atoms with van der Waals surface area (Å²) < 4.78 is 28.4. The number of hydrogen-bond donors (Lipinski definition) is 2. The number of nitrogens with zero attached hydrogens (tertiary/aromatic N) is 2. The highest BCUT2D eigenvalue weighted by molar-refractivity contribution is 6.35. The Kier molecular flexibility index (Phi) is 13.2. The third-order valence-corrected chi connectivity index (χ3v) is 9.39. The first-order valence-corrected chi connectivity index (χ1v) is 16.1. The molecule has 1 aromatic rings. The molecule has 0 saturated carbocycles. The van der Waals surface area contributed by atoms with E-state index in [4.69, 9.17) is 41.0 Å². The molecule has 2 amide bonds. The zero-order chi connectivity index (χ0) is 36.0. The fraction of sp³-hybridized carbons (Fsp3) is 0.588. The summed E-state index contributed by atoms with van der Waals surface area (Å²) in [5.41, 5.74) is 5.27. The summed E-state index contributed by atoms with van der Waals surface area (Å²) in [6, 6.07) is 3.56. The van der Waals surface area contributed by atoms with E-state index in [9.17, 15) is 24.3 Å². The van der Waals surface area contributed by atoms with Gasteiger partial charge in [0.25, 0.3) is 6.47 Å². The molecular weight excluding hydrogens is 646 g/mol. The number of methoxy groups -OCH3 is 2. The van der Waals surface area contributed by atoms with Crippen molar-refractivity contribution in [2.24, 2.45) is 11.7 Å². The number of allylic oxidation sites excluding steroid dienone is 3. The van der Waals surface area contributed by atoms with Crippen LogP contribution in [0.2, 0.25) is 5.02 Å². The Hall–Kier alpha value is -3.49. The molecule has 0 aromatic heterocycles. The highest BCUT2D eigenvalue weighted by Crippen LogP contribution is 2.48. The number of ether oxygens (including phenoxy) is 5. The summed E-state index contributed by atoms with van der Waals surface area (Å²) in [6.45, 7) is 6.93. The molecule has 2 heterocycles. The second-order valence-corrected chi connectivity index (χ2v) is 13.0. The highest BCUT2D eigenvalue weighted by atomic mass is 35.5. The number of carbonyl (C=O) groups is 4. The number of epoxide rings is 1. The van der Waals surface area contributed by atoms with Gasteiger partial charge in [-0.1, -0.05) is 49.2 Å². The zero-order valence-electron chi connectivity index (χ0n) is 28.9. The number of esters is 1. The zero-order valence-corrected chi connectivity index (χ0v) is 29.6. The number of likely N-dealkylation sites (N-methyl/N-ethyl adjacent to an activating group) is 1. The molecule has 7 atom stereocenters. The Bertz CT molecular complexity index is 1420. The first kappa shape index (κ1) is 39.0. The second kappa shape index (κ2) is 16.3. The minimum absolute atomic E-state index is 0.195. The van der Waals surface area contributed by atoms with Crippen molar-refractivity contribution in [2.75, 3.05) is 39.8 Å². The molecule has 7 unspecified atom stereocenters. The molecule has 2 bridgehead atoms. The van der Waals surface area contributed by atoms with Gasteiger partial charge in [0.15, 0.2) is 0 Å². The van der Waals surface area contributed by atoms with Crippen LogP contribution in [0.25, 0.3) is 0 Å². The average Bonchev–Trinajstić information content (AvgIpc) is 3.73. The lowest BCUT2D eigenvalue weighted by molar-refractivity contribution is -0.157. The summed E-state index contributed by atoms with van der Waals surface area (Å²) in [6.07, 6.45) is 1.51. The number of nitrogens with two attached hydrogens (primary N) is 1. The normalized spacial score (nSPS) is 29.7. The maximum Gasteiger partial charge on any atom is 0.326 e. The van der Waals surface area contributed by atoms with E-state index < -0.39 is 53.5 Å². The van der Waals surface area contributed by atoms with Gasteiger partial charge in [0.2, 0.25) is 11.8 Å². The second-order valence-electron chi connectivity index (χ2n) is 12.6. The van der Waals surface area contributed by atoms with Crippen molar-refractivity contribution >= 4 is 41.5 Å². The SMILES string of the molecule is CCC(=O)N(C)CC(=O)OC1CC(=O)N(C)c2cc(cc(OC)c2Cl)CC(C)=CC=CC(OC)C(N)(O)CC(OC=O)C(C)C2OC12C. The molecular formula is C34H48ClN3O10. The van der Waals surface area contributed by atoms with E-state index >= 15 is 0 Å². The fourth-order valence-electron chi connectivity index (χ4n) is 6.01. The van der Waals surface area contributed by atoms with Gasteiger partial charge in [0.1, 0.15) is 47.0 Å². The number of fused-ring (bicyclic) bond motifs is 3. The standard InChI is InChI=1S/C34H48ClN3O10/c1-9-28(40)37(5)18-30(42)47-27-16-29(41)38(6)23-14-22(15-24(44-7)31(23)35)13-20(2)11-10-12-26(45-8)34(36,43)17-25(46-19-39)21(3)32-33(27,4)48-32/h10-12,14-15,19,21,25-27,32,43H,9,13,16-18,36H2,1-8H3. The number of carbonyl (C=O) groups excluding carboxylic acids is 4. The molecule has 2 aliphatic heterocycles. The van der Waals surface area contributed by atoms with E-state index in [2.05, 4.69) is 0 Å². The molecule has 1 aromatic carbocycles. The molecule has 2 aliphatic rings. The van der Waals surface area contributed by atoms with Crippen molar-refractivity contribution in [3.8, 4) is 5.75 Å². The van der Waals surface area contributed by atoms with E-state index in [0.29, 0.717) is 17.9 Å². The molecule has 14 heteroatoms. The average molecular weight is 694 g/mol. The molecule has 0 radical (unpaired) electrons. The molecule has 0 spiro atoms. The first-order valence-electron chi connectivity index (χ1n) is 15.7. The van der Waals surface area contributed by atoms with Crippen molar-refractivity contribution in [1.82, 2.24) is 4.90 Å².